The molecule has 0 fully saturated rings. The van der Waals surface area contributed by atoms with Crippen LogP contribution < -0.4 is 4.72 Å². The summed E-state index contributed by atoms with van der Waals surface area (Å²) >= 11 is 13.7. The van der Waals surface area contributed by atoms with Gasteiger partial charge in [-0.2, -0.15) is 0 Å². The van der Waals surface area contributed by atoms with Crippen LogP contribution in [0.4, 0.5) is 0 Å². The molecule has 11 heteroatoms. The van der Waals surface area contributed by atoms with Gasteiger partial charge in [0.2, 0.25) is 10.0 Å². The second kappa shape index (κ2) is 9.23. The van der Waals surface area contributed by atoms with Crippen molar-refractivity contribution in [2.75, 3.05) is 18.6 Å². The molecule has 0 radical (unpaired) electrons. The van der Waals surface area contributed by atoms with Crippen LogP contribution in [0.15, 0.2) is 47.9 Å². The van der Waals surface area contributed by atoms with Crippen molar-refractivity contribution < 1.29 is 8.42 Å². The molecule has 0 spiro atoms. The molecular weight excluding hydrogens is 441 g/mol. The molecule has 1 N–H and O–H groups in total. The molecule has 3 rings (SSSR count). The number of thioether (sulfide) groups is 1. The molecule has 2 heterocycles. The van der Waals surface area contributed by atoms with Gasteiger partial charge in [-0.05, 0) is 43.8 Å². The van der Waals surface area contributed by atoms with Crippen LogP contribution in [0.1, 0.15) is 6.42 Å². The van der Waals surface area contributed by atoms with E-state index < -0.39 is 10.0 Å². The first-order valence-corrected chi connectivity index (χ1v) is 11.7. The maximum atomic E-state index is 11.6. The van der Waals surface area contributed by atoms with E-state index in [1.165, 1.54) is 18.8 Å². The van der Waals surface area contributed by atoms with Crippen LogP contribution >= 0.6 is 35.0 Å². The van der Waals surface area contributed by atoms with Gasteiger partial charge in [0, 0.05) is 23.7 Å². The fourth-order valence-corrected chi connectivity index (χ4v) is 4.51. The summed E-state index contributed by atoms with van der Waals surface area (Å²) in [4.78, 5) is 4.14. The molecule has 0 unspecified atom stereocenters. The van der Waals surface area contributed by atoms with Gasteiger partial charge in [-0.25, -0.2) is 13.1 Å². The van der Waals surface area contributed by atoms with Gasteiger partial charge in [0.25, 0.3) is 0 Å². The van der Waals surface area contributed by atoms with Gasteiger partial charge in [0.05, 0.1) is 21.5 Å². The first kappa shape index (κ1) is 21.1. The third kappa shape index (κ3) is 5.03. The fourth-order valence-electron chi connectivity index (χ4n) is 2.42. The molecule has 0 aliphatic heterocycles. The number of halogens is 2. The van der Waals surface area contributed by atoms with Crippen LogP contribution in [0, 0.1) is 0 Å². The Bertz CT molecular complexity index is 1060. The van der Waals surface area contributed by atoms with Gasteiger partial charge in [0.15, 0.2) is 11.0 Å². The van der Waals surface area contributed by atoms with Crippen molar-refractivity contribution >= 4 is 45.0 Å². The van der Waals surface area contributed by atoms with Crippen LogP contribution in [0.2, 0.25) is 10.0 Å². The average Bonchev–Trinajstić information content (AvgIpc) is 3.12. The van der Waals surface area contributed by atoms with Crippen molar-refractivity contribution in [3.05, 3.63) is 52.8 Å². The van der Waals surface area contributed by atoms with Gasteiger partial charge in [-0.15, -0.1) is 10.2 Å². The van der Waals surface area contributed by atoms with Crippen molar-refractivity contribution in [3.63, 3.8) is 0 Å². The molecule has 1 aromatic carbocycles. The highest BCUT2D eigenvalue weighted by Gasteiger charge is 2.17. The first-order valence-electron chi connectivity index (χ1n) is 8.26. The average molecular weight is 458 g/mol. The Morgan fingerprint density at radius 1 is 1.18 bits per heavy atom. The van der Waals surface area contributed by atoms with Crippen LogP contribution in [0.25, 0.3) is 17.1 Å². The molecular formula is C17H17Cl2N5O2S2. The molecule has 7 nitrogen and oxygen atoms in total. The summed E-state index contributed by atoms with van der Waals surface area (Å²) in [6.45, 7) is 0. The molecule has 0 aliphatic rings. The van der Waals surface area contributed by atoms with E-state index in [0.29, 0.717) is 33.2 Å². The highest BCUT2D eigenvalue weighted by Crippen LogP contribution is 2.31. The van der Waals surface area contributed by atoms with E-state index in [1.807, 2.05) is 22.8 Å². The van der Waals surface area contributed by atoms with Gasteiger partial charge in [0.1, 0.15) is 0 Å². The van der Waals surface area contributed by atoms with Crippen molar-refractivity contribution in [1.29, 1.82) is 0 Å². The number of hydrogen-bond donors (Lipinski definition) is 1. The zero-order chi connectivity index (χ0) is 20.1. The standard InChI is InChI=1S/C17H17Cl2N5O2S2/c1-20-28(25,26)9-3-8-27-17-23-22-16(12-4-2-7-21-11-12)24(17)13-5-6-14(18)15(19)10-13/h2,4-7,10-11,20H,3,8-9H2,1H3. The lowest BCUT2D eigenvalue weighted by molar-refractivity contribution is 0.587. The minimum atomic E-state index is -3.23. The summed E-state index contributed by atoms with van der Waals surface area (Å²) in [7, 11) is -1.82. The summed E-state index contributed by atoms with van der Waals surface area (Å²) in [5, 5.41) is 10.1. The third-order valence-electron chi connectivity index (χ3n) is 3.81. The Morgan fingerprint density at radius 3 is 2.68 bits per heavy atom. The Balaban J connectivity index is 1.92. The lowest BCUT2D eigenvalue weighted by Crippen LogP contribution is -2.22. The van der Waals surface area contributed by atoms with Crippen molar-refractivity contribution in [3.8, 4) is 17.1 Å². The Morgan fingerprint density at radius 2 is 2.00 bits per heavy atom. The summed E-state index contributed by atoms with van der Waals surface area (Å²) in [6.07, 6.45) is 3.86. The van der Waals surface area contributed by atoms with E-state index in [2.05, 4.69) is 19.9 Å². The number of nitrogens with one attached hydrogen (secondary N) is 1. The number of sulfonamides is 1. The lowest BCUT2D eigenvalue weighted by atomic mass is 10.2. The monoisotopic (exact) mass is 457 g/mol. The number of nitrogens with zero attached hydrogens (tertiary/aromatic N) is 4. The predicted octanol–water partition coefficient (Wildman–Crippen LogP) is 3.67. The molecule has 28 heavy (non-hydrogen) atoms. The Hall–Kier alpha value is -1.65. The van der Waals surface area contributed by atoms with E-state index in [1.54, 1.807) is 24.5 Å². The van der Waals surface area contributed by atoms with Crippen LogP contribution in [0.5, 0.6) is 0 Å². The molecule has 148 valence electrons. The maximum Gasteiger partial charge on any atom is 0.211 e. The lowest BCUT2D eigenvalue weighted by Gasteiger charge is -2.11. The molecule has 0 amide bonds. The summed E-state index contributed by atoms with van der Waals surface area (Å²) in [5.41, 5.74) is 1.55. The minimum absolute atomic E-state index is 0.0485. The maximum absolute atomic E-state index is 11.6. The molecule has 0 saturated heterocycles. The number of hydrogen-bond acceptors (Lipinski definition) is 6. The number of benzene rings is 1. The van der Waals surface area contributed by atoms with Gasteiger partial charge < -0.3 is 0 Å². The fraction of sp³-hybridized carbons (Fsp3) is 0.235. The predicted molar refractivity (Wildman–Crippen MR) is 113 cm³/mol. The molecule has 3 aromatic rings. The van der Waals surface area contributed by atoms with Gasteiger partial charge >= 0.3 is 0 Å². The minimum Gasteiger partial charge on any atom is -0.270 e. The summed E-state index contributed by atoms with van der Waals surface area (Å²) in [5.74, 6) is 1.22. The van der Waals surface area contributed by atoms with E-state index >= 15 is 0 Å². The number of pyridine rings is 1. The summed E-state index contributed by atoms with van der Waals surface area (Å²) in [6, 6.07) is 8.98. The number of aromatic nitrogens is 4. The van der Waals surface area contributed by atoms with Crippen molar-refractivity contribution in [2.45, 2.75) is 11.6 Å². The largest absolute Gasteiger partial charge is 0.270 e. The van der Waals surface area contributed by atoms with E-state index in [4.69, 9.17) is 23.2 Å². The second-order valence-corrected chi connectivity index (χ2v) is 9.63. The van der Waals surface area contributed by atoms with E-state index in [0.717, 1.165) is 11.3 Å². The smallest absolute Gasteiger partial charge is 0.211 e. The first-order chi connectivity index (χ1) is 13.4. The number of rotatable bonds is 8. The zero-order valence-electron chi connectivity index (χ0n) is 14.8. The van der Waals surface area contributed by atoms with E-state index in [-0.39, 0.29) is 5.75 Å². The highest BCUT2D eigenvalue weighted by atomic mass is 35.5. The van der Waals surface area contributed by atoms with Crippen LogP contribution in [-0.4, -0.2) is 46.7 Å². The second-order valence-electron chi connectivity index (χ2n) is 5.71. The Kier molecular flexibility index (Phi) is 6.95. The molecule has 0 bridgehead atoms. The van der Waals surface area contributed by atoms with Crippen molar-refractivity contribution in [2.24, 2.45) is 0 Å². The van der Waals surface area contributed by atoms with Crippen molar-refractivity contribution in [1.82, 2.24) is 24.5 Å². The van der Waals surface area contributed by atoms with E-state index in [9.17, 15) is 8.42 Å². The topological polar surface area (TPSA) is 89.8 Å². The molecule has 0 aliphatic carbocycles. The molecule has 0 atom stereocenters. The van der Waals surface area contributed by atoms with Crippen LogP contribution in [-0.2, 0) is 10.0 Å². The van der Waals surface area contributed by atoms with Crippen LogP contribution in [0.3, 0.4) is 0 Å². The third-order valence-corrected chi connectivity index (χ3v) is 7.02. The molecule has 0 saturated carbocycles. The zero-order valence-corrected chi connectivity index (χ0v) is 18.0. The Labute approximate surface area is 177 Å². The quantitative estimate of drug-likeness (QED) is 0.409. The highest BCUT2D eigenvalue weighted by molar-refractivity contribution is 7.99. The van der Waals surface area contributed by atoms with Gasteiger partial charge in [-0.1, -0.05) is 35.0 Å². The normalized spacial score (nSPS) is 11.7. The molecule has 2 aromatic heterocycles. The SMILES string of the molecule is CNS(=O)(=O)CCCSc1nnc(-c2cccnc2)n1-c1ccc(Cl)c(Cl)c1. The van der Waals surface area contributed by atoms with Gasteiger partial charge in [-0.3, -0.25) is 9.55 Å². The summed E-state index contributed by atoms with van der Waals surface area (Å²) < 4.78 is 27.3.